The lowest BCUT2D eigenvalue weighted by Crippen LogP contribution is -2.37. The predicted octanol–water partition coefficient (Wildman–Crippen LogP) is -0.670. The molecule has 1 N–H and O–H groups in total. The van der Waals surface area contributed by atoms with Gasteiger partial charge in [-0.15, -0.1) is 0 Å². The fourth-order valence-corrected chi connectivity index (χ4v) is 1.58. The average Bonchev–Trinajstić information content (AvgIpc) is 2.32. The second-order valence-corrected chi connectivity index (χ2v) is 3.61. The molecule has 2 heterocycles. The van der Waals surface area contributed by atoms with Gasteiger partial charge >= 0.3 is 11.7 Å². The van der Waals surface area contributed by atoms with Crippen molar-refractivity contribution in [1.29, 1.82) is 0 Å². The minimum absolute atomic E-state index is 0.0896. The first-order chi connectivity index (χ1) is 7.93. The summed E-state index contributed by atoms with van der Waals surface area (Å²) in [5.74, 6) is -1.17. The topological polar surface area (TPSA) is 94.2 Å². The second kappa shape index (κ2) is 3.55. The first-order valence-electron chi connectivity index (χ1n) is 4.72. The quantitative estimate of drug-likeness (QED) is 0.707. The number of aryl methyl sites for hydroxylation is 1. The van der Waals surface area contributed by atoms with Crippen molar-refractivity contribution in [2.24, 2.45) is 14.1 Å². The van der Waals surface area contributed by atoms with Gasteiger partial charge in [-0.1, -0.05) is 0 Å². The van der Waals surface area contributed by atoms with Gasteiger partial charge in [-0.3, -0.25) is 13.9 Å². The molecule has 0 saturated heterocycles. The first kappa shape index (κ1) is 11.1. The van der Waals surface area contributed by atoms with E-state index in [4.69, 9.17) is 5.11 Å². The Morgan fingerprint density at radius 1 is 1.29 bits per heavy atom. The van der Waals surface area contributed by atoms with E-state index >= 15 is 0 Å². The Balaban J connectivity index is 3.02. The highest BCUT2D eigenvalue weighted by atomic mass is 16.4. The highest BCUT2D eigenvalue weighted by molar-refractivity contribution is 5.91. The van der Waals surface area contributed by atoms with E-state index in [-0.39, 0.29) is 16.6 Å². The number of aromatic carboxylic acids is 1. The molecule has 0 aliphatic heterocycles. The molecule has 0 radical (unpaired) electrons. The number of carboxylic acids is 1. The molecule has 0 saturated carbocycles. The largest absolute Gasteiger partial charge is 0.478 e. The van der Waals surface area contributed by atoms with E-state index in [0.717, 1.165) is 10.8 Å². The molecule has 0 aliphatic rings. The molecule has 88 valence electrons. The lowest BCUT2D eigenvalue weighted by Gasteiger charge is -2.06. The van der Waals surface area contributed by atoms with E-state index in [1.165, 1.54) is 24.7 Å². The van der Waals surface area contributed by atoms with E-state index in [9.17, 15) is 14.4 Å². The van der Waals surface area contributed by atoms with Gasteiger partial charge in [0.15, 0.2) is 0 Å². The van der Waals surface area contributed by atoms with Crippen molar-refractivity contribution in [3.63, 3.8) is 0 Å². The lowest BCUT2D eigenvalue weighted by molar-refractivity contribution is 0.0696. The number of carboxylic acid groups (broad SMARTS) is 1. The fourth-order valence-electron chi connectivity index (χ4n) is 1.58. The van der Waals surface area contributed by atoms with Crippen LogP contribution in [-0.2, 0) is 14.1 Å². The van der Waals surface area contributed by atoms with E-state index < -0.39 is 17.2 Å². The predicted molar refractivity (Wildman–Crippen MR) is 59.2 cm³/mol. The number of aromatic nitrogens is 3. The van der Waals surface area contributed by atoms with Crippen molar-refractivity contribution in [1.82, 2.24) is 14.1 Å². The van der Waals surface area contributed by atoms with Crippen LogP contribution in [0.15, 0.2) is 21.9 Å². The minimum atomic E-state index is -1.17. The van der Waals surface area contributed by atoms with Crippen LogP contribution in [0, 0.1) is 0 Å². The molecule has 0 bridgehead atoms. The average molecular weight is 235 g/mol. The molecule has 0 aliphatic carbocycles. The molecule has 17 heavy (non-hydrogen) atoms. The highest BCUT2D eigenvalue weighted by Gasteiger charge is 2.12. The van der Waals surface area contributed by atoms with Crippen molar-refractivity contribution < 1.29 is 9.90 Å². The molecule has 7 heteroatoms. The maximum Gasteiger partial charge on any atom is 0.337 e. The summed E-state index contributed by atoms with van der Waals surface area (Å²) < 4.78 is 2.11. The van der Waals surface area contributed by atoms with Crippen LogP contribution >= 0.6 is 0 Å². The van der Waals surface area contributed by atoms with Gasteiger partial charge in [-0.25, -0.2) is 14.6 Å². The fraction of sp³-hybridized carbons (Fsp3) is 0.200. The Morgan fingerprint density at radius 2 is 1.94 bits per heavy atom. The Labute approximate surface area is 94.6 Å². The van der Waals surface area contributed by atoms with Crippen LogP contribution in [0.3, 0.4) is 0 Å². The van der Waals surface area contributed by atoms with Crippen LogP contribution in [-0.4, -0.2) is 25.2 Å². The van der Waals surface area contributed by atoms with Gasteiger partial charge in [0, 0.05) is 20.3 Å². The van der Waals surface area contributed by atoms with Crippen molar-refractivity contribution in [3.05, 3.63) is 38.7 Å². The number of rotatable bonds is 1. The Bertz CT molecular complexity index is 742. The molecule has 0 spiro atoms. The van der Waals surface area contributed by atoms with Crippen LogP contribution in [0.4, 0.5) is 0 Å². The van der Waals surface area contributed by atoms with E-state index in [1.807, 2.05) is 0 Å². The summed E-state index contributed by atoms with van der Waals surface area (Å²) >= 11 is 0. The summed E-state index contributed by atoms with van der Waals surface area (Å²) in [6, 6.07) is 1.21. The third kappa shape index (κ3) is 1.52. The standard InChI is InChI=1S/C10H9N3O4/c1-12-7-6(8(14)13(2)10(12)17)3-5(4-11-7)9(15)16/h3-4H,1-2H3,(H,15,16). The van der Waals surface area contributed by atoms with Crippen LogP contribution in [0.2, 0.25) is 0 Å². The van der Waals surface area contributed by atoms with Gasteiger partial charge in [0.2, 0.25) is 0 Å². The smallest absolute Gasteiger partial charge is 0.337 e. The Morgan fingerprint density at radius 3 is 2.53 bits per heavy atom. The number of pyridine rings is 1. The molecular formula is C10H9N3O4. The van der Waals surface area contributed by atoms with Gasteiger partial charge in [0.25, 0.3) is 5.56 Å². The Hall–Kier alpha value is -2.44. The SMILES string of the molecule is Cn1c(=O)c2cc(C(=O)O)cnc2n(C)c1=O. The summed E-state index contributed by atoms with van der Waals surface area (Å²) in [7, 11) is 2.80. The summed E-state index contributed by atoms with van der Waals surface area (Å²) in [5.41, 5.74) is -0.979. The molecule has 0 fully saturated rings. The summed E-state index contributed by atoms with van der Waals surface area (Å²) in [5, 5.41) is 8.92. The molecule has 0 amide bonds. The summed E-state index contributed by atoms with van der Waals surface area (Å²) in [4.78, 5) is 38.0. The number of hydrogen-bond acceptors (Lipinski definition) is 4. The molecule has 0 aromatic carbocycles. The number of fused-ring (bicyclic) bond motifs is 1. The van der Waals surface area contributed by atoms with Crippen LogP contribution in [0.1, 0.15) is 10.4 Å². The van der Waals surface area contributed by atoms with Gasteiger partial charge in [-0.05, 0) is 6.07 Å². The zero-order valence-corrected chi connectivity index (χ0v) is 9.17. The lowest BCUT2D eigenvalue weighted by atomic mass is 10.2. The molecule has 7 nitrogen and oxygen atoms in total. The molecule has 0 atom stereocenters. The maximum absolute atomic E-state index is 11.8. The van der Waals surface area contributed by atoms with Crippen molar-refractivity contribution in [3.8, 4) is 0 Å². The van der Waals surface area contributed by atoms with Gasteiger partial charge in [0.1, 0.15) is 5.65 Å². The van der Waals surface area contributed by atoms with Gasteiger partial charge in [-0.2, -0.15) is 0 Å². The van der Waals surface area contributed by atoms with Gasteiger partial charge in [0.05, 0.1) is 10.9 Å². The van der Waals surface area contributed by atoms with Crippen molar-refractivity contribution in [2.75, 3.05) is 0 Å². The molecule has 2 aromatic rings. The third-order valence-corrected chi connectivity index (χ3v) is 2.54. The van der Waals surface area contributed by atoms with Crippen LogP contribution in [0.5, 0.6) is 0 Å². The molecular weight excluding hydrogens is 226 g/mol. The zero-order valence-electron chi connectivity index (χ0n) is 9.17. The molecule has 2 rings (SSSR count). The van der Waals surface area contributed by atoms with Gasteiger partial charge < -0.3 is 5.11 Å². The third-order valence-electron chi connectivity index (χ3n) is 2.54. The zero-order chi connectivity index (χ0) is 12.7. The second-order valence-electron chi connectivity index (χ2n) is 3.61. The van der Waals surface area contributed by atoms with E-state index in [2.05, 4.69) is 4.98 Å². The number of nitrogens with zero attached hydrogens (tertiary/aromatic N) is 3. The molecule has 2 aromatic heterocycles. The summed E-state index contributed by atoms with van der Waals surface area (Å²) in [6.07, 6.45) is 1.11. The van der Waals surface area contributed by atoms with Crippen LogP contribution < -0.4 is 11.2 Å². The van der Waals surface area contributed by atoms with E-state index in [1.54, 1.807) is 0 Å². The maximum atomic E-state index is 11.8. The number of carbonyl (C=O) groups is 1. The van der Waals surface area contributed by atoms with Crippen LogP contribution in [0.25, 0.3) is 11.0 Å². The van der Waals surface area contributed by atoms with Crippen molar-refractivity contribution >= 4 is 17.0 Å². The Kier molecular flexibility index (Phi) is 2.31. The monoisotopic (exact) mass is 235 g/mol. The first-order valence-corrected chi connectivity index (χ1v) is 4.72. The van der Waals surface area contributed by atoms with E-state index in [0.29, 0.717) is 0 Å². The number of hydrogen-bond donors (Lipinski definition) is 1. The normalized spacial score (nSPS) is 10.7. The minimum Gasteiger partial charge on any atom is -0.478 e. The highest BCUT2D eigenvalue weighted by Crippen LogP contribution is 2.06. The molecule has 0 unspecified atom stereocenters. The summed E-state index contributed by atoms with van der Waals surface area (Å²) in [6.45, 7) is 0. The van der Waals surface area contributed by atoms with Crippen molar-refractivity contribution in [2.45, 2.75) is 0 Å².